The standard InChI is InChI=1S/C28H34FN7O3S/c1-19(2)18-35(21-15-20(16-30-17-21)27(37)34-10-12-39-13-11-34)28(38)26-24(7-8-25-31-9-14-40-25)36(33-32-26)23-6-4-3-5-22(23)29/h3-9,14,19-21,30H,10-13,15-18H2,1-2H3/t20-,21+/m1/s1. The van der Waals surface area contributed by atoms with E-state index in [1.165, 1.54) is 22.1 Å². The lowest BCUT2D eigenvalue weighted by Gasteiger charge is -2.40. The van der Waals surface area contributed by atoms with Gasteiger partial charge in [0, 0.05) is 50.3 Å². The van der Waals surface area contributed by atoms with Gasteiger partial charge in [-0.25, -0.2) is 14.1 Å². The molecule has 212 valence electrons. The number of morpholine rings is 1. The molecule has 0 spiro atoms. The quantitative estimate of drug-likeness (QED) is 0.446. The molecule has 0 radical (unpaired) electrons. The molecule has 2 aromatic heterocycles. The number of thiazole rings is 1. The van der Waals surface area contributed by atoms with Gasteiger partial charge >= 0.3 is 0 Å². The lowest BCUT2D eigenvalue weighted by molar-refractivity contribution is -0.140. The summed E-state index contributed by atoms with van der Waals surface area (Å²) in [5.41, 5.74) is 0.681. The van der Waals surface area contributed by atoms with Crippen LogP contribution < -0.4 is 5.32 Å². The molecule has 1 aromatic carbocycles. The first-order valence-electron chi connectivity index (χ1n) is 13.6. The van der Waals surface area contributed by atoms with Crippen molar-refractivity contribution in [3.63, 3.8) is 0 Å². The fourth-order valence-corrected chi connectivity index (χ4v) is 5.70. The van der Waals surface area contributed by atoms with Crippen LogP contribution in [-0.2, 0) is 9.53 Å². The largest absolute Gasteiger partial charge is 0.378 e. The van der Waals surface area contributed by atoms with Crippen LogP contribution in [-0.4, -0.2) is 93.6 Å². The van der Waals surface area contributed by atoms with Crippen LogP contribution in [0.5, 0.6) is 0 Å². The van der Waals surface area contributed by atoms with Crippen molar-refractivity contribution in [2.24, 2.45) is 11.8 Å². The molecule has 0 aliphatic carbocycles. The van der Waals surface area contributed by atoms with Gasteiger partial charge in [0.2, 0.25) is 5.91 Å². The summed E-state index contributed by atoms with van der Waals surface area (Å²) in [7, 11) is 0. The van der Waals surface area contributed by atoms with Gasteiger partial charge < -0.3 is 19.9 Å². The van der Waals surface area contributed by atoms with E-state index >= 15 is 0 Å². The number of carbonyl (C=O) groups is 2. The second-order valence-corrected chi connectivity index (χ2v) is 11.4. The maximum Gasteiger partial charge on any atom is 0.277 e. The Morgan fingerprint density at radius 1 is 1.23 bits per heavy atom. The molecule has 10 nitrogen and oxygen atoms in total. The number of carbonyl (C=O) groups excluding carboxylic acids is 2. The minimum Gasteiger partial charge on any atom is -0.378 e. The van der Waals surface area contributed by atoms with E-state index in [4.69, 9.17) is 4.74 Å². The number of nitrogens with zero attached hydrogens (tertiary/aromatic N) is 6. The second-order valence-electron chi connectivity index (χ2n) is 10.4. The van der Waals surface area contributed by atoms with Crippen LogP contribution in [0.15, 0.2) is 35.8 Å². The molecule has 2 atom stereocenters. The van der Waals surface area contributed by atoms with E-state index in [2.05, 4.69) is 20.6 Å². The zero-order valence-corrected chi connectivity index (χ0v) is 23.5. The molecule has 3 aromatic rings. The molecule has 2 aliphatic rings. The van der Waals surface area contributed by atoms with Crippen molar-refractivity contribution in [3.05, 3.63) is 58.1 Å². The SMILES string of the molecule is CC(C)CN(C(=O)c1nnn(-c2ccccc2F)c1C=Cc1nccs1)[C@@H]1CNC[C@H](C(=O)N2CCOCC2)C1. The van der Waals surface area contributed by atoms with Crippen LogP contribution in [0.3, 0.4) is 0 Å². The van der Waals surface area contributed by atoms with Crippen molar-refractivity contribution in [2.45, 2.75) is 26.3 Å². The highest BCUT2D eigenvalue weighted by molar-refractivity contribution is 7.10. The maximum atomic E-state index is 14.8. The smallest absolute Gasteiger partial charge is 0.277 e. The molecule has 4 heterocycles. The molecule has 5 rings (SSSR count). The van der Waals surface area contributed by atoms with Crippen molar-refractivity contribution >= 4 is 35.3 Å². The third kappa shape index (κ3) is 6.29. The molecule has 2 aliphatic heterocycles. The summed E-state index contributed by atoms with van der Waals surface area (Å²) in [5.74, 6) is -0.750. The van der Waals surface area contributed by atoms with Crippen molar-refractivity contribution in [1.29, 1.82) is 0 Å². The number of para-hydroxylation sites is 1. The molecular formula is C28H34FN7O3S. The predicted molar refractivity (Wildman–Crippen MR) is 150 cm³/mol. The van der Waals surface area contributed by atoms with Crippen LogP contribution in [0.25, 0.3) is 17.8 Å². The fraction of sp³-hybridized carbons (Fsp3) is 0.464. The average Bonchev–Trinajstić information content (AvgIpc) is 3.65. The highest BCUT2D eigenvalue weighted by Gasteiger charge is 2.37. The lowest BCUT2D eigenvalue weighted by Crippen LogP contribution is -2.56. The van der Waals surface area contributed by atoms with Crippen LogP contribution in [0.2, 0.25) is 0 Å². The number of hydrogen-bond donors (Lipinski definition) is 1. The van der Waals surface area contributed by atoms with Gasteiger partial charge in [0.05, 0.1) is 19.1 Å². The summed E-state index contributed by atoms with van der Waals surface area (Å²) < 4.78 is 21.6. The van der Waals surface area contributed by atoms with E-state index in [-0.39, 0.29) is 41.1 Å². The fourth-order valence-electron chi connectivity index (χ4n) is 5.17. The van der Waals surface area contributed by atoms with E-state index in [1.54, 1.807) is 41.4 Å². The topological polar surface area (TPSA) is 105 Å². The average molecular weight is 568 g/mol. The van der Waals surface area contributed by atoms with Gasteiger partial charge in [0.1, 0.15) is 22.2 Å². The van der Waals surface area contributed by atoms with Gasteiger partial charge in [-0.05, 0) is 36.6 Å². The maximum absolute atomic E-state index is 14.8. The van der Waals surface area contributed by atoms with Crippen LogP contribution in [0, 0.1) is 17.7 Å². The van der Waals surface area contributed by atoms with Crippen LogP contribution >= 0.6 is 11.3 Å². The normalized spacial score (nSPS) is 19.9. The highest BCUT2D eigenvalue weighted by atomic mass is 32.1. The highest BCUT2D eigenvalue weighted by Crippen LogP contribution is 2.25. The van der Waals surface area contributed by atoms with E-state index in [0.717, 1.165) is 5.01 Å². The number of amides is 2. The minimum atomic E-state index is -0.477. The molecular weight excluding hydrogens is 533 g/mol. The third-order valence-electron chi connectivity index (χ3n) is 7.09. The molecule has 2 saturated heterocycles. The summed E-state index contributed by atoms with van der Waals surface area (Å²) in [5, 5.41) is 14.4. The molecule has 40 heavy (non-hydrogen) atoms. The van der Waals surface area contributed by atoms with Crippen molar-refractivity contribution in [1.82, 2.24) is 35.1 Å². The molecule has 1 N–H and O–H groups in total. The number of ether oxygens (including phenoxy) is 1. The molecule has 0 unspecified atom stereocenters. The monoisotopic (exact) mass is 567 g/mol. The lowest BCUT2D eigenvalue weighted by atomic mass is 9.92. The number of aromatic nitrogens is 4. The Labute approximate surface area is 236 Å². The first-order valence-corrected chi connectivity index (χ1v) is 14.5. The zero-order valence-electron chi connectivity index (χ0n) is 22.7. The molecule has 0 saturated carbocycles. The number of halogens is 1. The van der Waals surface area contributed by atoms with Gasteiger partial charge in [0.25, 0.3) is 5.91 Å². The molecule has 12 heteroatoms. The van der Waals surface area contributed by atoms with Gasteiger partial charge in [-0.2, -0.15) is 0 Å². The number of nitrogens with one attached hydrogen (secondary N) is 1. The van der Waals surface area contributed by atoms with Gasteiger partial charge in [-0.1, -0.05) is 31.2 Å². The van der Waals surface area contributed by atoms with Crippen molar-refractivity contribution in [3.8, 4) is 5.69 Å². The first-order chi connectivity index (χ1) is 19.4. The molecule has 0 bridgehead atoms. The van der Waals surface area contributed by atoms with Crippen molar-refractivity contribution in [2.75, 3.05) is 45.9 Å². The van der Waals surface area contributed by atoms with Crippen LogP contribution in [0.1, 0.15) is 41.5 Å². The third-order valence-corrected chi connectivity index (χ3v) is 7.83. The Morgan fingerprint density at radius 2 is 2.02 bits per heavy atom. The van der Waals surface area contributed by atoms with Gasteiger partial charge in [-0.15, -0.1) is 16.4 Å². The van der Waals surface area contributed by atoms with Gasteiger partial charge in [0.15, 0.2) is 5.69 Å². The Bertz CT molecular complexity index is 1340. The summed E-state index contributed by atoms with van der Waals surface area (Å²) in [6, 6.07) is 6.03. The Morgan fingerprint density at radius 3 is 2.75 bits per heavy atom. The number of piperidine rings is 1. The predicted octanol–water partition coefficient (Wildman–Crippen LogP) is 2.97. The summed E-state index contributed by atoms with van der Waals surface area (Å²) >= 11 is 1.45. The second kappa shape index (κ2) is 12.8. The van der Waals surface area contributed by atoms with Gasteiger partial charge in [-0.3, -0.25) is 9.59 Å². The Balaban J connectivity index is 1.46. The number of rotatable bonds is 8. The Kier molecular flexibility index (Phi) is 8.98. The number of benzene rings is 1. The summed E-state index contributed by atoms with van der Waals surface area (Å²) in [6.45, 7) is 7.97. The van der Waals surface area contributed by atoms with E-state index in [0.29, 0.717) is 58.1 Å². The Hall–Kier alpha value is -3.48. The van der Waals surface area contributed by atoms with Crippen molar-refractivity contribution < 1.29 is 18.7 Å². The number of hydrogen-bond acceptors (Lipinski definition) is 8. The van der Waals surface area contributed by atoms with E-state index in [9.17, 15) is 14.0 Å². The minimum absolute atomic E-state index is 0.0926. The summed E-state index contributed by atoms with van der Waals surface area (Å²) in [4.78, 5) is 35.4. The van der Waals surface area contributed by atoms with Crippen LogP contribution in [0.4, 0.5) is 4.39 Å². The zero-order chi connectivity index (χ0) is 28.1. The summed E-state index contributed by atoms with van der Waals surface area (Å²) in [6.07, 6.45) is 5.71. The van der Waals surface area contributed by atoms with E-state index in [1.807, 2.05) is 24.1 Å². The molecule has 2 amide bonds. The first kappa shape index (κ1) is 28.1. The molecule has 2 fully saturated rings. The van der Waals surface area contributed by atoms with E-state index < -0.39 is 5.82 Å².